The first-order valence-electron chi connectivity index (χ1n) is 20.5. The molecular formula is C49H54BN4O6. The smallest absolute Gasteiger partial charge is 0.407 e. The lowest BCUT2D eigenvalue weighted by molar-refractivity contribution is -0.146. The Morgan fingerprint density at radius 3 is 1.68 bits per heavy atom. The summed E-state index contributed by atoms with van der Waals surface area (Å²) >= 11 is 0. The highest BCUT2D eigenvalue weighted by Gasteiger charge is 2.30. The first kappa shape index (κ1) is 44.8. The van der Waals surface area contributed by atoms with Crippen molar-refractivity contribution in [1.29, 1.82) is 0 Å². The van der Waals surface area contributed by atoms with E-state index in [-0.39, 0.29) is 39.9 Å². The fourth-order valence-corrected chi connectivity index (χ4v) is 7.35. The second-order valence-electron chi connectivity index (χ2n) is 14.4. The highest BCUT2D eigenvalue weighted by atomic mass is 16.6. The average Bonchev–Trinajstić information content (AvgIpc) is 3.96. The first-order valence-corrected chi connectivity index (χ1v) is 20.5. The number of allylic oxidation sites excluding steroid dienone is 2. The maximum atomic E-state index is 13.0. The van der Waals surface area contributed by atoms with Crippen molar-refractivity contribution in [3.63, 3.8) is 0 Å². The number of carbonyl (C=O) groups excluding carboxylic acids is 3. The van der Waals surface area contributed by atoms with Crippen molar-refractivity contribution in [1.82, 2.24) is 15.3 Å². The Kier molecular flexibility index (Phi) is 17.0. The lowest BCUT2D eigenvalue weighted by Crippen LogP contribution is -2.44. The fourth-order valence-electron chi connectivity index (χ4n) is 7.35. The first-order chi connectivity index (χ1) is 28.9. The molecule has 5 N–H and O–H groups in total. The summed E-state index contributed by atoms with van der Waals surface area (Å²) in [4.78, 5) is 44.3. The van der Waals surface area contributed by atoms with Gasteiger partial charge in [-0.25, -0.2) is 9.59 Å². The second-order valence-corrected chi connectivity index (χ2v) is 14.4. The molecule has 0 saturated heterocycles. The summed E-state index contributed by atoms with van der Waals surface area (Å²) < 4.78 is 16.4. The summed E-state index contributed by atoms with van der Waals surface area (Å²) in [6, 6.07) is 30.7. The zero-order valence-electron chi connectivity index (χ0n) is 34.4. The quantitative estimate of drug-likeness (QED) is 0.0236. The fraction of sp³-hybridized carbons (Fsp3) is 0.286. The van der Waals surface area contributed by atoms with Crippen LogP contribution in [0.2, 0.25) is 0 Å². The van der Waals surface area contributed by atoms with Gasteiger partial charge in [-0.3, -0.25) is 4.79 Å². The molecule has 0 saturated carbocycles. The third kappa shape index (κ3) is 11.7. The second kappa shape index (κ2) is 22.7. The van der Waals surface area contributed by atoms with Gasteiger partial charge in [0.25, 0.3) is 0 Å². The zero-order chi connectivity index (χ0) is 41.4. The van der Waals surface area contributed by atoms with E-state index in [9.17, 15) is 14.4 Å². The monoisotopic (exact) mass is 805 g/mol. The van der Waals surface area contributed by atoms with E-state index < -0.39 is 24.1 Å². The number of nitrogens with one attached hydrogen (secondary N) is 3. The Hall–Kier alpha value is -6.33. The van der Waals surface area contributed by atoms with Crippen LogP contribution in [0.3, 0.4) is 0 Å². The molecule has 4 aromatic carbocycles. The SMILES string of the molecule is CC/C=C\CCOC(=O)[C@@H](N)Cc1c[nH]c2ccccc12.CC/C=C\CCOC(=O)[C@H](Cc1c[nH]c2ccccc12)NC(=O)OCC1c2ccccc2-c2ccccc21.[B]. The molecule has 0 aliphatic heterocycles. The summed E-state index contributed by atoms with van der Waals surface area (Å²) in [7, 11) is 0. The van der Waals surface area contributed by atoms with Crippen LogP contribution in [-0.4, -0.2) is 68.3 Å². The third-order valence-corrected chi connectivity index (χ3v) is 10.3. The van der Waals surface area contributed by atoms with Crippen LogP contribution >= 0.6 is 0 Å². The molecule has 0 spiro atoms. The molecular weight excluding hydrogens is 751 g/mol. The molecule has 2 aromatic heterocycles. The van der Waals surface area contributed by atoms with Gasteiger partial charge in [-0.15, -0.1) is 0 Å². The van der Waals surface area contributed by atoms with Gasteiger partial charge >= 0.3 is 18.0 Å². The molecule has 0 bridgehead atoms. The highest BCUT2D eigenvalue weighted by Crippen LogP contribution is 2.44. The van der Waals surface area contributed by atoms with Gasteiger partial charge in [0.05, 0.1) is 13.2 Å². The lowest BCUT2D eigenvalue weighted by Gasteiger charge is -2.19. The van der Waals surface area contributed by atoms with Crippen LogP contribution in [0.15, 0.2) is 134 Å². The molecule has 1 amide bonds. The predicted molar refractivity (Wildman–Crippen MR) is 240 cm³/mol. The number of nitrogens with two attached hydrogens (primary N) is 1. The van der Waals surface area contributed by atoms with Crippen LogP contribution in [0.25, 0.3) is 32.9 Å². The number of hydrogen-bond donors (Lipinski definition) is 4. The Balaban J connectivity index is 0.000000264. The normalized spacial score (nSPS) is 12.9. The molecule has 3 radical (unpaired) electrons. The van der Waals surface area contributed by atoms with E-state index in [1.807, 2.05) is 103 Å². The molecule has 1 aliphatic carbocycles. The average molecular weight is 806 g/mol. The van der Waals surface area contributed by atoms with E-state index in [1.54, 1.807) is 0 Å². The van der Waals surface area contributed by atoms with E-state index >= 15 is 0 Å². The van der Waals surface area contributed by atoms with Gasteiger partial charge in [-0.05, 0) is 71.2 Å². The molecule has 309 valence electrons. The summed E-state index contributed by atoms with van der Waals surface area (Å²) in [5.41, 5.74) is 14.5. The standard InChI is InChI=1S/C32H32N2O4.C17H22N2O2.B/c1-2-3-4-11-18-37-31(35)30(19-22-20-33-29-17-10-9-12-23(22)29)34-32(36)38-21-28-26-15-7-5-13-24(26)25-14-6-8-16-27(25)28;1-2-3-4-7-10-21-17(20)15(18)11-13-12-19-16-9-6-5-8-14(13)16;/h3-10,12-17,20,28,30,33H,2,11,18-19,21H2,1H3,(H,34,36);3-6,8-9,12,15,19H,2,7,10-11,18H2,1H3;/b2*4-3-;/t30-;15-;/m00./s1. The third-order valence-electron chi connectivity index (χ3n) is 10.3. The summed E-state index contributed by atoms with van der Waals surface area (Å²) in [6.45, 7) is 4.94. The van der Waals surface area contributed by atoms with Crippen molar-refractivity contribution in [2.45, 2.75) is 70.4 Å². The molecule has 0 unspecified atom stereocenters. The number of carbonyl (C=O) groups is 3. The Bertz CT molecular complexity index is 2340. The van der Waals surface area contributed by atoms with Gasteiger partial charge in [0, 0.05) is 61.4 Å². The number of hydrogen-bond acceptors (Lipinski definition) is 7. The van der Waals surface area contributed by atoms with Crippen LogP contribution in [0.4, 0.5) is 4.79 Å². The number of aromatic nitrogens is 2. The maximum Gasteiger partial charge on any atom is 0.407 e. The topological polar surface area (TPSA) is 149 Å². The highest BCUT2D eigenvalue weighted by molar-refractivity contribution is 5.87. The number of ether oxygens (including phenoxy) is 3. The minimum absolute atomic E-state index is 0. The van der Waals surface area contributed by atoms with E-state index in [1.165, 1.54) is 0 Å². The van der Waals surface area contributed by atoms with Gasteiger partial charge < -0.3 is 35.2 Å². The lowest BCUT2D eigenvalue weighted by atomic mass is 9.98. The van der Waals surface area contributed by atoms with Crippen molar-refractivity contribution >= 4 is 48.3 Å². The molecule has 0 fully saturated rings. The molecule has 7 rings (SSSR count). The molecule has 60 heavy (non-hydrogen) atoms. The van der Waals surface area contributed by atoms with Gasteiger partial charge in [0.2, 0.25) is 0 Å². The number of H-pyrrole nitrogens is 2. The van der Waals surface area contributed by atoms with Crippen LogP contribution in [0, 0.1) is 0 Å². The number of rotatable bonds is 17. The van der Waals surface area contributed by atoms with Crippen LogP contribution < -0.4 is 11.1 Å². The minimum Gasteiger partial charge on any atom is -0.464 e. The number of para-hydroxylation sites is 2. The summed E-state index contributed by atoms with van der Waals surface area (Å²) in [6.07, 6.45) is 15.3. The van der Waals surface area contributed by atoms with Crippen LogP contribution in [-0.2, 0) is 36.6 Å². The number of alkyl carbamates (subject to hydrolysis) is 1. The Morgan fingerprint density at radius 1 is 0.650 bits per heavy atom. The zero-order valence-corrected chi connectivity index (χ0v) is 34.4. The van der Waals surface area contributed by atoms with Crippen molar-refractivity contribution in [3.8, 4) is 11.1 Å². The molecule has 6 aromatic rings. The van der Waals surface area contributed by atoms with E-state index in [0.29, 0.717) is 19.4 Å². The van der Waals surface area contributed by atoms with Gasteiger partial charge in [0.1, 0.15) is 18.7 Å². The van der Waals surface area contributed by atoms with E-state index in [0.717, 1.165) is 74.4 Å². The number of aromatic amines is 2. The van der Waals surface area contributed by atoms with Gasteiger partial charge in [0.15, 0.2) is 0 Å². The Morgan fingerprint density at radius 2 is 1.13 bits per heavy atom. The number of amides is 1. The van der Waals surface area contributed by atoms with E-state index in [2.05, 4.69) is 59.5 Å². The maximum absolute atomic E-state index is 13.0. The molecule has 2 heterocycles. The molecule has 10 nitrogen and oxygen atoms in total. The molecule has 11 heteroatoms. The summed E-state index contributed by atoms with van der Waals surface area (Å²) in [5, 5.41) is 4.88. The van der Waals surface area contributed by atoms with Crippen LogP contribution in [0.1, 0.15) is 67.7 Å². The Labute approximate surface area is 354 Å². The van der Waals surface area contributed by atoms with Gasteiger partial charge in [-0.1, -0.05) is 123 Å². The van der Waals surface area contributed by atoms with Gasteiger partial charge in [-0.2, -0.15) is 0 Å². The molecule has 2 atom stereocenters. The largest absolute Gasteiger partial charge is 0.464 e. The number of benzene rings is 4. The number of fused-ring (bicyclic) bond motifs is 5. The van der Waals surface area contributed by atoms with Crippen molar-refractivity contribution in [3.05, 3.63) is 156 Å². The summed E-state index contributed by atoms with van der Waals surface area (Å²) in [5.74, 6) is -0.878. The minimum atomic E-state index is -0.875. The van der Waals surface area contributed by atoms with E-state index in [4.69, 9.17) is 19.9 Å². The number of esters is 2. The van der Waals surface area contributed by atoms with Crippen molar-refractivity contribution < 1.29 is 28.6 Å². The molecule has 1 aliphatic rings. The van der Waals surface area contributed by atoms with Crippen molar-refractivity contribution in [2.24, 2.45) is 5.73 Å². The van der Waals surface area contributed by atoms with Crippen LogP contribution in [0.5, 0.6) is 0 Å². The predicted octanol–water partition coefficient (Wildman–Crippen LogP) is 9.07. The van der Waals surface area contributed by atoms with Crippen molar-refractivity contribution in [2.75, 3.05) is 19.8 Å².